The van der Waals surface area contributed by atoms with Gasteiger partial charge in [0.2, 0.25) is 17.2 Å². The van der Waals surface area contributed by atoms with E-state index in [1.165, 1.54) is 0 Å². The molecule has 0 radical (unpaired) electrons. The number of hydrogen-bond acceptors (Lipinski definition) is 6. The van der Waals surface area contributed by atoms with Gasteiger partial charge < -0.3 is 10.2 Å². The molecule has 21 heavy (non-hydrogen) atoms. The van der Waals surface area contributed by atoms with Gasteiger partial charge in [0.15, 0.2) is 0 Å². The van der Waals surface area contributed by atoms with Crippen molar-refractivity contribution in [3.63, 3.8) is 0 Å². The minimum absolute atomic E-state index is 0.164. The van der Waals surface area contributed by atoms with Gasteiger partial charge in [-0.05, 0) is 31.1 Å². The molecule has 114 valence electrons. The predicted molar refractivity (Wildman–Crippen MR) is 82.9 cm³/mol. The van der Waals surface area contributed by atoms with Crippen LogP contribution in [0.5, 0.6) is 0 Å². The Morgan fingerprint density at radius 3 is 2.76 bits per heavy atom. The number of halogens is 1. The molecule has 0 aromatic carbocycles. The van der Waals surface area contributed by atoms with Crippen molar-refractivity contribution in [2.75, 3.05) is 31.5 Å². The van der Waals surface area contributed by atoms with Crippen LogP contribution >= 0.6 is 11.6 Å². The van der Waals surface area contributed by atoms with E-state index in [4.69, 9.17) is 11.6 Å². The Labute approximate surface area is 129 Å². The summed E-state index contributed by atoms with van der Waals surface area (Å²) < 4.78 is 1.69. The van der Waals surface area contributed by atoms with E-state index in [2.05, 4.69) is 44.0 Å². The minimum atomic E-state index is 0.164. The molecule has 0 amide bonds. The molecule has 0 saturated carbocycles. The lowest BCUT2D eigenvalue weighted by molar-refractivity contribution is 0.300. The number of anilines is 1. The first-order valence-corrected chi connectivity index (χ1v) is 7.46. The largest absolute Gasteiger partial charge is 0.353 e. The Balaban J connectivity index is 1.97. The fraction of sp³-hybridized carbons (Fsp3) is 0.538. The Kier molecular flexibility index (Phi) is 5.89. The third-order valence-electron chi connectivity index (χ3n) is 3.03. The second-order valence-electron chi connectivity index (χ2n) is 4.56. The summed E-state index contributed by atoms with van der Waals surface area (Å²) in [5.41, 5.74) is 0. The highest BCUT2D eigenvalue weighted by molar-refractivity contribution is 6.28. The quantitative estimate of drug-likeness (QED) is 0.802. The number of likely N-dealkylation sites (N-methyl/N-ethyl adjacent to an activating group) is 1. The van der Waals surface area contributed by atoms with Crippen LogP contribution in [0.25, 0.3) is 5.95 Å². The van der Waals surface area contributed by atoms with Gasteiger partial charge in [-0.25, -0.2) is 4.98 Å². The van der Waals surface area contributed by atoms with Crippen LogP contribution in [0, 0.1) is 0 Å². The number of hydrogen-bond donors (Lipinski definition) is 1. The highest BCUT2D eigenvalue weighted by atomic mass is 35.5. The highest BCUT2D eigenvalue weighted by Gasteiger charge is 2.07. The molecule has 0 unspecified atom stereocenters. The summed E-state index contributed by atoms with van der Waals surface area (Å²) in [6.07, 6.45) is 6.19. The SMILES string of the molecule is CCCN(CC)CCNc1nc(Cl)nc(-n2ccnc2)n1. The summed E-state index contributed by atoms with van der Waals surface area (Å²) >= 11 is 5.94. The zero-order valence-corrected chi connectivity index (χ0v) is 13.1. The molecule has 2 heterocycles. The third kappa shape index (κ3) is 4.64. The Morgan fingerprint density at radius 2 is 2.10 bits per heavy atom. The molecule has 0 bridgehead atoms. The number of nitrogens with one attached hydrogen (secondary N) is 1. The molecule has 0 saturated heterocycles. The van der Waals surface area contributed by atoms with Crippen molar-refractivity contribution < 1.29 is 0 Å². The fourth-order valence-corrected chi connectivity index (χ4v) is 2.14. The van der Waals surface area contributed by atoms with Gasteiger partial charge in [-0.3, -0.25) is 4.57 Å². The molecule has 8 heteroatoms. The maximum absolute atomic E-state index is 5.94. The normalized spacial score (nSPS) is 11.0. The van der Waals surface area contributed by atoms with E-state index in [1.54, 1.807) is 23.3 Å². The van der Waals surface area contributed by atoms with E-state index in [1.807, 2.05) is 0 Å². The molecule has 0 fully saturated rings. The Hall–Kier alpha value is -1.73. The molecule has 2 aromatic heterocycles. The molecule has 0 aliphatic carbocycles. The standard InChI is InChI=1S/C13H20ClN7/c1-3-7-20(4-2)8-6-16-12-17-11(14)18-13(19-12)21-9-5-15-10-21/h5,9-10H,3-4,6-8H2,1-2H3,(H,16,17,18,19). The molecular weight excluding hydrogens is 290 g/mol. The lowest BCUT2D eigenvalue weighted by atomic mass is 10.4. The van der Waals surface area contributed by atoms with Crippen molar-refractivity contribution in [2.24, 2.45) is 0 Å². The molecule has 2 aromatic rings. The summed E-state index contributed by atoms with van der Waals surface area (Å²) in [4.78, 5) is 18.8. The molecule has 0 atom stereocenters. The van der Waals surface area contributed by atoms with E-state index in [-0.39, 0.29) is 5.28 Å². The van der Waals surface area contributed by atoms with Crippen molar-refractivity contribution >= 4 is 17.5 Å². The Morgan fingerprint density at radius 1 is 1.24 bits per heavy atom. The van der Waals surface area contributed by atoms with E-state index in [0.29, 0.717) is 11.9 Å². The number of nitrogens with zero attached hydrogens (tertiary/aromatic N) is 6. The molecule has 2 rings (SSSR count). The lowest BCUT2D eigenvalue weighted by Crippen LogP contribution is -2.30. The van der Waals surface area contributed by atoms with Crippen LogP contribution in [0.3, 0.4) is 0 Å². The van der Waals surface area contributed by atoms with Crippen LogP contribution in [0.4, 0.5) is 5.95 Å². The van der Waals surface area contributed by atoms with Crippen molar-refractivity contribution in [2.45, 2.75) is 20.3 Å². The smallest absolute Gasteiger partial charge is 0.241 e. The molecule has 7 nitrogen and oxygen atoms in total. The maximum Gasteiger partial charge on any atom is 0.241 e. The first kappa shape index (κ1) is 15.7. The van der Waals surface area contributed by atoms with E-state index in [9.17, 15) is 0 Å². The van der Waals surface area contributed by atoms with Gasteiger partial charge >= 0.3 is 0 Å². The molecule has 0 spiro atoms. The van der Waals surface area contributed by atoms with Crippen LogP contribution in [-0.2, 0) is 0 Å². The first-order chi connectivity index (χ1) is 10.2. The van der Waals surface area contributed by atoms with Crippen molar-refractivity contribution in [1.82, 2.24) is 29.4 Å². The van der Waals surface area contributed by atoms with E-state index >= 15 is 0 Å². The monoisotopic (exact) mass is 309 g/mol. The zero-order chi connectivity index (χ0) is 15.1. The minimum Gasteiger partial charge on any atom is -0.353 e. The summed E-state index contributed by atoms with van der Waals surface area (Å²) in [6, 6.07) is 0. The average Bonchev–Trinajstić information content (AvgIpc) is 3.00. The first-order valence-electron chi connectivity index (χ1n) is 7.09. The van der Waals surface area contributed by atoms with Crippen molar-refractivity contribution in [1.29, 1.82) is 0 Å². The van der Waals surface area contributed by atoms with Crippen LogP contribution in [0.15, 0.2) is 18.7 Å². The summed E-state index contributed by atoms with van der Waals surface area (Å²) in [5.74, 6) is 0.933. The van der Waals surface area contributed by atoms with Crippen LogP contribution in [-0.4, -0.2) is 55.6 Å². The Bertz CT molecular complexity index is 543. The number of rotatable bonds is 8. The number of imidazole rings is 1. The maximum atomic E-state index is 5.94. The second kappa shape index (κ2) is 7.90. The van der Waals surface area contributed by atoms with Crippen molar-refractivity contribution in [3.05, 3.63) is 24.0 Å². The van der Waals surface area contributed by atoms with Crippen molar-refractivity contribution in [3.8, 4) is 5.95 Å². The predicted octanol–water partition coefficient (Wildman–Crippen LogP) is 1.85. The van der Waals surface area contributed by atoms with Gasteiger partial charge in [-0.15, -0.1) is 0 Å². The van der Waals surface area contributed by atoms with Crippen LogP contribution in [0.2, 0.25) is 5.28 Å². The van der Waals surface area contributed by atoms with Gasteiger partial charge in [0.05, 0.1) is 0 Å². The summed E-state index contributed by atoms with van der Waals surface area (Å²) in [5, 5.41) is 3.35. The average molecular weight is 310 g/mol. The fourth-order valence-electron chi connectivity index (χ4n) is 1.98. The second-order valence-corrected chi connectivity index (χ2v) is 4.90. The summed E-state index contributed by atoms with van der Waals surface area (Å²) in [6.45, 7) is 8.17. The van der Waals surface area contributed by atoms with E-state index < -0.39 is 0 Å². The zero-order valence-electron chi connectivity index (χ0n) is 12.3. The molecule has 1 N–H and O–H groups in total. The van der Waals surface area contributed by atoms with Gasteiger partial charge in [0.1, 0.15) is 6.33 Å². The van der Waals surface area contributed by atoms with Gasteiger partial charge in [0.25, 0.3) is 0 Å². The summed E-state index contributed by atoms with van der Waals surface area (Å²) in [7, 11) is 0. The molecule has 0 aliphatic rings. The topological polar surface area (TPSA) is 71.8 Å². The molecular formula is C13H20ClN7. The van der Waals surface area contributed by atoms with Gasteiger partial charge in [0, 0.05) is 25.5 Å². The molecule has 0 aliphatic heterocycles. The van der Waals surface area contributed by atoms with E-state index in [0.717, 1.165) is 32.6 Å². The van der Waals surface area contributed by atoms with Crippen LogP contribution in [0.1, 0.15) is 20.3 Å². The number of aromatic nitrogens is 5. The van der Waals surface area contributed by atoms with Gasteiger partial charge in [-0.2, -0.15) is 15.0 Å². The van der Waals surface area contributed by atoms with Crippen LogP contribution < -0.4 is 5.32 Å². The third-order valence-corrected chi connectivity index (χ3v) is 3.20. The lowest BCUT2D eigenvalue weighted by Gasteiger charge is -2.19. The van der Waals surface area contributed by atoms with Gasteiger partial charge in [-0.1, -0.05) is 13.8 Å². The highest BCUT2D eigenvalue weighted by Crippen LogP contribution is 2.09.